The molecule has 6 heteroatoms. The summed E-state index contributed by atoms with van der Waals surface area (Å²) in [6, 6.07) is 7.99. The van der Waals surface area contributed by atoms with Gasteiger partial charge in [0.1, 0.15) is 0 Å². The van der Waals surface area contributed by atoms with Crippen molar-refractivity contribution < 1.29 is 0 Å². The van der Waals surface area contributed by atoms with Crippen molar-refractivity contribution in [3.8, 4) is 11.6 Å². The molecule has 4 rings (SSSR count). The third-order valence-electron chi connectivity index (χ3n) is 3.78. The van der Waals surface area contributed by atoms with Gasteiger partial charge in [0, 0.05) is 49.6 Å². The highest BCUT2D eigenvalue weighted by atomic mass is 15.2. The number of aromatic nitrogens is 6. The molecule has 4 aromatic heterocycles. The molecule has 0 N–H and O–H groups in total. The summed E-state index contributed by atoms with van der Waals surface area (Å²) in [4.78, 5) is 17.3. The predicted octanol–water partition coefficient (Wildman–Crippen LogP) is 2.63. The standard InChI is InChI=1S/C18H16N6/c1-3-15(11-19-5-1)13-23-9-7-21-17(23)18-22-8-10-24(18)14-16-4-2-6-20-12-16/h1-12H,13-14H2. The molecule has 4 heterocycles. The van der Waals surface area contributed by atoms with Gasteiger partial charge in [-0.15, -0.1) is 0 Å². The normalized spacial score (nSPS) is 10.8. The van der Waals surface area contributed by atoms with Crippen LogP contribution in [0.4, 0.5) is 0 Å². The van der Waals surface area contributed by atoms with Gasteiger partial charge >= 0.3 is 0 Å². The first-order chi connectivity index (χ1) is 11.9. The van der Waals surface area contributed by atoms with Crippen molar-refractivity contribution in [2.45, 2.75) is 13.1 Å². The first-order valence-electron chi connectivity index (χ1n) is 7.70. The number of rotatable bonds is 5. The van der Waals surface area contributed by atoms with Crippen LogP contribution in [0.15, 0.2) is 73.8 Å². The Balaban J connectivity index is 1.64. The van der Waals surface area contributed by atoms with Gasteiger partial charge in [-0.2, -0.15) is 0 Å². The lowest BCUT2D eigenvalue weighted by Crippen LogP contribution is -2.07. The molecule has 0 aliphatic carbocycles. The Morgan fingerprint density at radius 1 is 0.667 bits per heavy atom. The number of nitrogens with zero attached hydrogens (tertiary/aromatic N) is 6. The lowest BCUT2D eigenvalue weighted by atomic mass is 10.3. The van der Waals surface area contributed by atoms with E-state index in [1.807, 2.05) is 36.9 Å². The highest BCUT2D eigenvalue weighted by Gasteiger charge is 2.13. The van der Waals surface area contributed by atoms with Gasteiger partial charge < -0.3 is 9.13 Å². The summed E-state index contributed by atoms with van der Waals surface area (Å²) in [5.74, 6) is 1.68. The molecule has 0 bridgehead atoms. The van der Waals surface area contributed by atoms with Crippen molar-refractivity contribution in [1.82, 2.24) is 29.1 Å². The largest absolute Gasteiger partial charge is 0.324 e. The summed E-state index contributed by atoms with van der Waals surface area (Å²) in [5, 5.41) is 0. The number of hydrogen-bond donors (Lipinski definition) is 0. The first-order valence-corrected chi connectivity index (χ1v) is 7.70. The molecule has 0 aromatic carbocycles. The highest BCUT2D eigenvalue weighted by Crippen LogP contribution is 2.18. The maximum Gasteiger partial charge on any atom is 0.176 e. The van der Waals surface area contributed by atoms with E-state index in [0.29, 0.717) is 13.1 Å². The average molecular weight is 316 g/mol. The van der Waals surface area contributed by atoms with Crippen molar-refractivity contribution in [2.24, 2.45) is 0 Å². The molecule has 0 spiro atoms. The molecular formula is C18H16N6. The summed E-state index contributed by atoms with van der Waals surface area (Å²) in [5.41, 5.74) is 2.25. The summed E-state index contributed by atoms with van der Waals surface area (Å²) in [6.45, 7) is 1.42. The van der Waals surface area contributed by atoms with E-state index >= 15 is 0 Å². The van der Waals surface area contributed by atoms with E-state index in [-0.39, 0.29) is 0 Å². The third-order valence-corrected chi connectivity index (χ3v) is 3.78. The average Bonchev–Trinajstić information content (AvgIpc) is 3.26. The molecule has 0 aliphatic rings. The highest BCUT2D eigenvalue weighted by molar-refractivity contribution is 5.45. The Kier molecular flexibility index (Phi) is 3.85. The first kappa shape index (κ1) is 14.3. The van der Waals surface area contributed by atoms with E-state index in [1.165, 1.54) is 0 Å². The fourth-order valence-electron chi connectivity index (χ4n) is 2.66. The van der Waals surface area contributed by atoms with Gasteiger partial charge in [-0.05, 0) is 23.3 Å². The second-order valence-electron chi connectivity index (χ2n) is 5.48. The van der Waals surface area contributed by atoms with E-state index < -0.39 is 0 Å². The van der Waals surface area contributed by atoms with Crippen LogP contribution < -0.4 is 0 Å². The van der Waals surface area contributed by atoms with Crippen LogP contribution in [0.5, 0.6) is 0 Å². The second kappa shape index (κ2) is 6.45. The van der Waals surface area contributed by atoms with Gasteiger partial charge in [-0.3, -0.25) is 9.97 Å². The van der Waals surface area contributed by atoms with E-state index in [4.69, 9.17) is 0 Å². The molecule has 0 saturated carbocycles. The fraction of sp³-hybridized carbons (Fsp3) is 0.111. The van der Waals surface area contributed by atoms with Crippen molar-refractivity contribution in [3.63, 3.8) is 0 Å². The minimum Gasteiger partial charge on any atom is -0.324 e. The lowest BCUT2D eigenvalue weighted by Gasteiger charge is -2.10. The molecule has 0 radical (unpaired) electrons. The van der Waals surface area contributed by atoms with E-state index in [0.717, 1.165) is 22.8 Å². The van der Waals surface area contributed by atoms with Crippen LogP contribution in [0.3, 0.4) is 0 Å². The molecule has 0 amide bonds. The van der Waals surface area contributed by atoms with E-state index in [9.17, 15) is 0 Å². The zero-order valence-corrected chi connectivity index (χ0v) is 13.0. The van der Waals surface area contributed by atoms with Crippen LogP contribution in [0.25, 0.3) is 11.6 Å². The molecule has 0 aliphatic heterocycles. The monoisotopic (exact) mass is 316 g/mol. The van der Waals surface area contributed by atoms with Gasteiger partial charge in [0.15, 0.2) is 11.6 Å². The molecule has 0 fully saturated rings. The van der Waals surface area contributed by atoms with Gasteiger partial charge in [-0.25, -0.2) is 9.97 Å². The fourth-order valence-corrected chi connectivity index (χ4v) is 2.66. The Bertz CT molecular complexity index is 833. The van der Waals surface area contributed by atoms with Gasteiger partial charge in [0.05, 0.1) is 13.1 Å². The predicted molar refractivity (Wildman–Crippen MR) is 90.1 cm³/mol. The Morgan fingerprint density at radius 2 is 1.17 bits per heavy atom. The van der Waals surface area contributed by atoms with Crippen molar-refractivity contribution >= 4 is 0 Å². The van der Waals surface area contributed by atoms with Crippen molar-refractivity contribution in [2.75, 3.05) is 0 Å². The van der Waals surface area contributed by atoms with Crippen molar-refractivity contribution in [3.05, 3.63) is 85.0 Å². The number of pyridine rings is 2. The van der Waals surface area contributed by atoms with Gasteiger partial charge in [0.2, 0.25) is 0 Å². The molecule has 0 unspecified atom stereocenters. The van der Waals surface area contributed by atoms with Crippen LogP contribution in [-0.4, -0.2) is 29.1 Å². The second-order valence-corrected chi connectivity index (χ2v) is 5.48. The number of hydrogen-bond acceptors (Lipinski definition) is 4. The van der Waals surface area contributed by atoms with E-state index in [1.54, 1.807) is 24.8 Å². The summed E-state index contributed by atoms with van der Waals surface area (Å²) in [7, 11) is 0. The van der Waals surface area contributed by atoms with Crippen LogP contribution in [-0.2, 0) is 13.1 Å². The van der Waals surface area contributed by atoms with Crippen LogP contribution in [0, 0.1) is 0 Å². The van der Waals surface area contributed by atoms with Gasteiger partial charge in [-0.1, -0.05) is 12.1 Å². The summed E-state index contributed by atoms with van der Waals surface area (Å²) >= 11 is 0. The summed E-state index contributed by atoms with van der Waals surface area (Å²) < 4.78 is 4.16. The molecule has 0 atom stereocenters. The van der Waals surface area contributed by atoms with Crippen LogP contribution in [0.2, 0.25) is 0 Å². The van der Waals surface area contributed by atoms with Crippen molar-refractivity contribution in [1.29, 1.82) is 0 Å². The minimum atomic E-state index is 0.711. The quantitative estimate of drug-likeness (QED) is 0.568. The van der Waals surface area contributed by atoms with Crippen LogP contribution in [0.1, 0.15) is 11.1 Å². The SMILES string of the molecule is c1cncc(Cn2ccnc2-c2nccn2Cc2cccnc2)c1. The molecule has 24 heavy (non-hydrogen) atoms. The maximum absolute atomic E-state index is 4.50. The Labute approximate surface area is 139 Å². The molecule has 0 saturated heterocycles. The Hall–Kier alpha value is -3.28. The zero-order chi connectivity index (χ0) is 16.2. The van der Waals surface area contributed by atoms with Gasteiger partial charge in [0.25, 0.3) is 0 Å². The smallest absolute Gasteiger partial charge is 0.176 e. The molecular weight excluding hydrogens is 300 g/mol. The third kappa shape index (κ3) is 2.94. The molecule has 4 aromatic rings. The summed E-state index contributed by atoms with van der Waals surface area (Å²) in [6.07, 6.45) is 14.8. The number of imidazole rings is 2. The van der Waals surface area contributed by atoms with Crippen LogP contribution >= 0.6 is 0 Å². The lowest BCUT2D eigenvalue weighted by molar-refractivity contribution is 0.757. The Morgan fingerprint density at radius 3 is 1.58 bits per heavy atom. The topological polar surface area (TPSA) is 61.4 Å². The van der Waals surface area contributed by atoms with E-state index in [2.05, 4.69) is 41.2 Å². The zero-order valence-electron chi connectivity index (χ0n) is 13.0. The molecule has 6 nitrogen and oxygen atoms in total. The maximum atomic E-state index is 4.50. The molecule has 118 valence electrons. The minimum absolute atomic E-state index is 0.711.